The molecule has 0 atom stereocenters. The highest BCUT2D eigenvalue weighted by atomic mass is 32.1. The molecule has 0 saturated carbocycles. The molecular formula is C22H23NOS. The van der Waals surface area contributed by atoms with E-state index in [2.05, 4.69) is 45.0 Å². The molecule has 0 bridgehead atoms. The van der Waals surface area contributed by atoms with Gasteiger partial charge in [-0.05, 0) is 38.0 Å². The van der Waals surface area contributed by atoms with Crippen LogP contribution in [0.1, 0.15) is 36.7 Å². The smallest absolute Gasteiger partial charge is 0.255 e. The summed E-state index contributed by atoms with van der Waals surface area (Å²) in [4.78, 5) is 16.2. The van der Waals surface area contributed by atoms with Gasteiger partial charge in [0.2, 0.25) is 0 Å². The molecule has 2 nitrogen and oxygen atoms in total. The molecule has 0 N–H and O–H groups in total. The fraction of sp³-hybridized carbons (Fsp3) is 0.227. The predicted molar refractivity (Wildman–Crippen MR) is 106 cm³/mol. The van der Waals surface area contributed by atoms with Crippen LogP contribution in [0.3, 0.4) is 0 Å². The molecule has 0 saturated heterocycles. The van der Waals surface area contributed by atoms with Gasteiger partial charge in [-0.3, -0.25) is 4.79 Å². The highest BCUT2D eigenvalue weighted by molar-refractivity contribution is 7.13. The average molecular weight is 349 g/mol. The molecule has 1 aromatic heterocycles. The first-order chi connectivity index (χ1) is 11.9. The molecule has 128 valence electrons. The maximum atomic E-state index is 13.2. The van der Waals surface area contributed by atoms with Crippen LogP contribution >= 0.6 is 11.3 Å². The molecule has 1 heterocycles. The van der Waals surface area contributed by atoms with E-state index in [0.717, 1.165) is 21.6 Å². The second kappa shape index (κ2) is 7.24. The lowest BCUT2D eigenvalue weighted by atomic mass is 10.0. The van der Waals surface area contributed by atoms with Gasteiger partial charge in [0.25, 0.3) is 5.91 Å². The third kappa shape index (κ3) is 4.18. The van der Waals surface area contributed by atoms with E-state index < -0.39 is 0 Å². The van der Waals surface area contributed by atoms with Crippen LogP contribution in [0.5, 0.6) is 0 Å². The van der Waals surface area contributed by atoms with Gasteiger partial charge >= 0.3 is 0 Å². The second-order valence-electron chi connectivity index (χ2n) is 7.11. The monoisotopic (exact) mass is 349 g/mol. The van der Waals surface area contributed by atoms with Crippen molar-refractivity contribution >= 4 is 17.2 Å². The van der Waals surface area contributed by atoms with Crippen LogP contribution in [0.15, 0.2) is 72.1 Å². The third-order valence-electron chi connectivity index (χ3n) is 4.14. The van der Waals surface area contributed by atoms with Gasteiger partial charge in [0, 0.05) is 22.3 Å². The lowest BCUT2D eigenvalue weighted by Gasteiger charge is -2.35. The summed E-state index contributed by atoms with van der Waals surface area (Å²) in [5.74, 6) is 0.0785. The summed E-state index contributed by atoms with van der Waals surface area (Å²) in [6, 6.07) is 22.4. The first kappa shape index (κ1) is 17.4. The number of carbonyl (C=O) groups excluding carboxylic acids is 1. The topological polar surface area (TPSA) is 20.3 Å². The molecule has 0 spiro atoms. The third-order valence-corrected chi connectivity index (χ3v) is 5.12. The van der Waals surface area contributed by atoms with Crippen LogP contribution in [-0.4, -0.2) is 16.3 Å². The standard InChI is InChI=1S/C22H23NOS/c1-22(2,3)23(15-17-10-6-4-7-11-17)21(24)19-14-20(25-16-19)18-12-8-5-9-13-18/h4-14,16H,15H2,1-3H3. The Balaban J connectivity index is 1.87. The van der Waals surface area contributed by atoms with Gasteiger partial charge in [-0.25, -0.2) is 0 Å². The molecule has 0 aliphatic rings. The summed E-state index contributed by atoms with van der Waals surface area (Å²) in [7, 11) is 0. The number of hydrogen-bond donors (Lipinski definition) is 0. The number of nitrogens with zero attached hydrogens (tertiary/aromatic N) is 1. The van der Waals surface area contributed by atoms with Crippen LogP contribution in [0.4, 0.5) is 0 Å². The molecule has 0 aliphatic heterocycles. The number of hydrogen-bond acceptors (Lipinski definition) is 2. The zero-order valence-corrected chi connectivity index (χ0v) is 15.7. The average Bonchev–Trinajstić information content (AvgIpc) is 3.10. The molecule has 3 rings (SSSR count). The number of rotatable bonds is 4. The van der Waals surface area contributed by atoms with E-state index in [4.69, 9.17) is 0 Å². The van der Waals surface area contributed by atoms with Crippen molar-refractivity contribution in [1.29, 1.82) is 0 Å². The SMILES string of the molecule is CC(C)(C)N(Cc1ccccc1)C(=O)c1csc(-c2ccccc2)c1. The van der Waals surface area contributed by atoms with Crippen LogP contribution in [-0.2, 0) is 6.54 Å². The van der Waals surface area contributed by atoms with Gasteiger partial charge in [0.15, 0.2) is 0 Å². The van der Waals surface area contributed by atoms with Crippen molar-refractivity contribution in [2.75, 3.05) is 0 Å². The Kier molecular flexibility index (Phi) is 5.05. The minimum atomic E-state index is -0.248. The fourth-order valence-electron chi connectivity index (χ4n) is 2.74. The van der Waals surface area contributed by atoms with E-state index in [1.165, 1.54) is 0 Å². The summed E-state index contributed by atoms with van der Waals surface area (Å²) < 4.78 is 0. The molecule has 0 fully saturated rings. The van der Waals surface area contributed by atoms with Gasteiger partial charge in [-0.1, -0.05) is 60.7 Å². The first-order valence-corrected chi connectivity index (χ1v) is 9.33. The van der Waals surface area contributed by atoms with Gasteiger partial charge in [0.1, 0.15) is 0 Å². The van der Waals surface area contributed by atoms with Gasteiger partial charge in [-0.15, -0.1) is 11.3 Å². The van der Waals surface area contributed by atoms with Crippen molar-refractivity contribution in [3.63, 3.8) is 0 Å². The summed E-state index contributed by atoms with van der Waals surface area (Å²) >= 11 is 1.62. The van der Waals surface area contributed by atoms with E-state index in [1.54, 1.807) is 11.3 Å². The highest BCUT2D eigenvalue weighted by Crippen LogP contribution is 2.29. The minimum Gasteiger partial charge on any atom is -0.329 e. The molecule has 2 aromatic carbocycles. The lowest BCUT2D eigenvalue weighted by molar-refractivity contribution is 0.0559. The fourth-order valence-corrected chi connectivity index (χ4v) is 3.63. The predicted octanol–water partition coefficient (Wildman–Crippen LogP) is 5.86. The van der Waals surface area contributed by atoms with E-state index in [-0.39, 0.29) is 11.4 Å². The van der Waals surface area contributed by atoms with Crippen LogP contribution in [0.2, 0.25) is 0 Å². The van der Waals surface area contributed by atoms with Crippen molar-refractivity contribution < 1.29 is 4.79 Å². The minimum absolute atomic E-state index is 0.0785. The molecule has 3 heteroatoms. The van der Waals surface area contributed by atoms with E-state index in [0.29, 0.717) is 6.54 Å². The van der Waals surface area contributed by atoms with Crippen LogP contribution in [0.25, 0.3) is 10.4 Å². The van der Waals surface area contributed by atoms with Gasteiger partial charge < -0.3 is 4.90 Å². The van der Waals surface area contributed by atoms with E-state index >= 15 is 0 Å². The molecule has 0 aliphatic carbocycles. The summed E-state index contributed by atoms with van der Waals surface area (Å²) in [6.45, 7) is 6.86. The highest BCUT2D eigenvalue weighted by Gasteiger charge is 2.28. The van der Waals surface area contributed by atoms with E-state index in [9.17, 15) is 4.79 Å². The molecule has 0 radical (unpaired) electrons. The largest absolute Gasteiger partial charge is 0.329 e. The zero-order valence-electron chi connectivity index (χ0n) is 14.9. The maximum Gasteiger partial charge on any atom is 0.255 e. The molecule has 1 amide bonds. The van der Waals surface area contributed by atoms with Gasteiger partial charge in [0.05, 0.1) is 5.56 Å². The molecule has 25 heavy (non-hydrogen) atoms. The lowest BCUT2D eigenvalue weighted by Crippen LogP contribution is -2.44. The summed E-state index contributed by atoms with van der Waals surface area (Å²) in [6.07, 6.45) is 0. The Morgan fingerprint density at radius 1 is 0.960 bits per heavy atom. The van der Waals surface area contributed by atoms with Crippen LogP contribution in [0, 0.1) is 0 Å². The molecule has 0 unspecified atom stereocenters. The Hall–Kier alpha value is -2.39. The number of carbonyl (C=O) groups is 1. The summed E-state index contributed by atoms with van der Waals surface area (Å²) in [5, 5.41) is 1.97. The first-order valence-electron chi connectivity index (χ1n) is 8.45. The second-order valence-corrected chi connectivity index (χ2v) is 8.02. The Bertz CT molecular complexity index is 831. The summed E-state index contributed by atoms with van der Waals surface area (Å²) in [5.41, 5.74) is 2.80. The normalized spacial score (nSPS) is 11.3. The van der Waals surface area contributed by atoms with Crippen molar-refractivity contribution in [2.24, 2.45) is 0 Å². The van der Waals surface area contributed by atoms with Crippen LogP contribution < -0.4 is 0 Å². The van der Waals surface area contributed by atoms with Crippen molar-refractivity contribution in [3.8, 4) is 10.4 Å². The number of benzene rings is 2. The Morgan fingerprint density at radius 3 is 2.16 bits per heavy atom. The quantitative estimate of drug-likeness (QED) is 0.578. The maximum absolute atomic E-state index is 13.2. The Labute approximate surface area is 153 Å². The molecular weight excluding hydrogens is 326 g/mol. The Morgan fingerprint density at radius 2 is 1.56 bits per heavy atom. The molecule has 3 aromatic rings. The van der Waals surface area contributed by atoms with Crippen molar-refractivity contribution in [1.82, 2.24) is 4.90 Å². The van der Waals surface area contributed by atoms with E-state index in [1.807, 2.05) is 52.7 Å². The van der Waals surface area contributed by atoms with Crippen molar-refractivity contribution in [3.05, 3.63) is 83.2 Å². The zero-order chi connectivity index (χ0) is 17.9. The number of amides is 1. The number of thiophene rings is 1. The van der Waals surface area contributed by atoms with Crippen molar-refractivity contribution in [2.45, 2.75) is 32.9 Å². The van der Waals surface area contributed by atoms with Gasteiger partial charge in [-0.2, -0.15) is 0 Å².